The molecule has 0 spiro atoms. The van der Waals surface area contributed by atoms with E-state index in [1.807, 2.05) is 42.5 Å². The number of hydrogen-bond donors (Lipinski definition) is 2. The van der Waals surface area contributed by atoms with E-state index in [-0.39, 0.29) is 17.2 Å². The van der Waals surface area contributed by atoms with Gasteiger partial charge in [0.05, 0.1) is 7.11 Å². The lowest BCUT2D eigenvalue weighted by Gasteiger charge is -2.09. The third kappa shape index (κ3) is 4.10. The van der Waals surface area contributed by atoms with Crippen LogP contribution in [0.1, 0.15) is 10.5 Å². The van der Waals surface area contributed by atoms with Crippen molar-refractivity contribution in [2.24, 2.45) is 0 Å². The number of aromatic nitrogens is 1. The predicted octanol–water partition coefficient (Wildman–Crippen LogP) is 4.20. The molecule has 2 aromatic carbocycles. The van der Waals surface area contributed by atoms with Gasteiger partial charge in [-0.2, -0.15) is 0 Å². The van der Waals surface area contributed by atoms with Crippen LogP contribution >= 0.6 is 11.8 Å². The van der Waals surface area contributed by atoms with Gasteiger partial charge in [-0.3, -0.25) is 4.79 Å². The van der Waals surface area contributed by atoms with Gasteiger partial charge in [0.1, 0.15) is 0 Å². The second-order valence-corrected chi connectivity index (χ2v) is 6.25. The molecule has 0 aliphatic rings. The van der Waals surface area contributed by atoms with Crippen LogP contribution in [-0.2, 0) is 0 Å². The third-order valence-electron chi connectivity index (χ3n) is 3.41. The Balaban J connectivity index is 1.70. The largest absolute Gasteiger partial charge is 0.503 e. The summed E-state index contributed by atoms with van der Waals surface area (Å²) in [4.78, 5) is 18.4. The van der Waals surface area contributed by atoms with Crippen molar-refractivity contribution < 1.29 is 14.6 Å². The van der Waals surface area contributed by atoms with Gasteiger partial charge in [-0.05, 0) is 36.4 Å². The molecule has 0 radical (unpaired) electrons. The third-order valence-corrected chi connectivity index (χ3v) is 4.43. The molecule has 1 amide bonds. The first-order valence-electron chi connectivity index (χ1n) is 7.53. The predicted molar refractivity (Wildman–Crippen MR) is 97.4 cm³/mol. The summed E-state index contributed by atoms with van der Waals surface area (Å²) in [5.74, 6) is -0.576. The summed E-state index contributed by atoms with van der Waals surface area (Å²) in [5.41, 5.74) is 0.536. The highest BCUT2D eigenvalue weighted by molar-refractivity contribution is 7.99. The normalized spacial score (nSPS) is 10.3. The van der Waals surface area contributed by atoms with Crippen LogP contribution in [0.2, 0.25) is 0 Å². The summed E-state index contributed by atoms with van der Waals surface area (Å²) < 4.78 is 4.99. The van der Waals surface area contributed by atoms with Gasteiger partial charge in [0.15, 0.2) is 17.2 Å². The summed E-state index contributed by atoms with van der Waals surface area (Å²) in [5, 5.41) is 12.7. The molecule has 5 nitrogen and oxygen atoms in total. The average molecular weight is 352 g/mol. The van der Waals surface area contributed by atoms with Crippen molar-refractivity contribution in [3.05, 3.63) is 72.6 Å². The zero-order chi connectivity index (χ0) is 17.6. The van der Waals surface area contributed by atoms with E-state index in [4.69, 9.17) is 4.74 Å². The van der Waals surface area contributed by atoms with Gasteiger partial charge in [-0.25, -0.2) is 4.98 Å². The van der Waals surface area contributed by atoms with Gasteiger partial charge in [0.2, 0.25) is 0 Å². The number of aromatic hydroxyl groups is 1. The minimum Gasteiger partial charge on any atom is -0.503 e. The fraction of sp³-hybridized carbons (Fsp3) is 0.0526. The van der Waals surface area contributed by atoms with Gasteiger partial charge >= 0.3 is 0 Å². The first-order chi connectivity index (χ1) is 12.2. The topological polar surface area (TPSA) is 71.5 Å². The van der Waals surface area contributed by atoms with Crippen molar-refractivity contribution in [2.75, 3.05) is 12.4 Å². The quantitative estimate of drug-likeness (QED) is 0.720. The molecule has 0 unspecified atom stereocenters. The van der Waals surface area contributed by atoms with Crippen LogP contribution in [0.5, 0.6) is 11.5 Å². The second kappa shape index (κ2) is 7.72. The molecule has 1 heterocycles. The lowest BCUT2D eigenvalue weighted by molar-refractivity contribution is 0.101. The summed E-state index contributed by atoms with van der Waals surface area (Å²) in [6, 6.07) is 19.0. The number of rotatable bonds is 5. The summed E-state index contributed by atoms with van der Waals surface area (Å²) >= 11 is 1.64. The van der Waals surface area contributed by atoms with Crippen LogP contribution in [0.3, 0.4) is 0 Å². The van der Waals surface area contributed by atoms with E-state index in [9.17, 15) is 9.90 Å². The number of carbonyl (C=O) groups is 1. The molecule has 0 atom stereocenters. The minimum atomic E-state index is -0.500. The lowest BCUT2D eigenvalue weighted by Crippen LogP contribution is -2.14. The van der Waals surface area contributed by atoms with Crippen molar-refractivity contribution in [2.45, 2.75) is 9.79 Å². The van der Waals surface area contributed by atoms with Crippen molar-refractivity contribution in [3.63, 3.8) is 0 Å². The van der Waals surface area contributed by atoms with Gasteiger partial charge in [0.25, 0.3) is 5.91 Å². The Bertz CT molecular complexity index is 868. The molecule has 2 N–H and O–H groups in total. The number of methoxy groups -OCH3 is 1. The van der Waals surface area contributed by atoms with E-state index in [1.165, 1.54) is 19.4 Å². The van der Waals surface area contributed by atoms with Crippen LogP contribution in [0.15, 0.2) is 76.7 Å². The molecule has 25 heavy (non-hydrogen) atoms. The molecule has 0 aliphatic carbocycles. The first kappa shape index (κ1) is 16.9. The Labute approximate surface area is 149 Å². The SMILES string of the molecule is COc1ccnc(C(=O)Nc2ccc(Sc3ccccc3)cc2)c1O. The highest BCUT2D eigenvalue weighted by Crippen LogP contribution is 2.30. The molecule has 1 aromatic heterocycles. The molecular weight excluding hydrogens is 336 g/mol. The molecule has 6 heteroatoms. The maximum Gasteiger partial charge on any atom is 0.278 e. The highest BCUT2D eigenvalue weighted by Gasteiger charge is 2.16. The molecule has 0 saturated carbocycles. The van der Waals surface area contributed by atoms with Crippen LogP contribution in [0, 0.1) is 0 Å². The lowest BCUT2D eigenvalue weighted by atomic mass is 10.2. The highest BCUT2D eigenvalue weighted by atomic mass is 32.2. The van der Waals surface area contributed by atoms with E-state index in [0.29, 0.717) is 5.69 Å². The molecular formula is C19H16N2O3S. The minimum absolute atomic E-state index is 0.0814. The van der Waals surface area contributed by atoms with Crippen molar-refractivity contribution in [3.8, 4) is 11.5 Å². The molecule has 0 saturated heterocycles. The maximum atomic E-state index is 12.3. The average Bonchev–Trinajstić information content (AvgIpc) is 2.64. The Hall–Kier alpha value is -2.99. The maximum absolute atomic E-state index is 12.3. The van der Waals surface area contributed by atoms with E-state index in [0.717, 1.165) is 9.79 Å². The number of ether oxygens (including phenoxy) is 1. The van der Waals surface area contributed by atoms with Crippen LogP contribution < -0.4 is 10.1 Å². The summed E-state index contributed by atoms with van der Waals surface area (Å²) in [6.07, 6.45) is 1.41. The van der Waals surface area contributed by atoms with Crippen LogP contribution in [0.25, 0.3) is 0 Å². The monoisotopic (exact) mass is 352 g/mol. The van der Waals surface area contributed by atoms with Gasteiger partial charge < -0.3 is 15.2 Å². The Morgan fingerprint density at radius 1 is 1.04 bits per heavy atom. The van der Waals surface area contributed by atoms with Gasteiger partial charge in [-0.1, -0.05) is 30.0 Å². The van der Waals surface area contributed by atoms with Crippen molar-refractivity contribution >= 4 is 23.4 Å². The van der Waals surface area contributed by atoms with E-state index in [2.05, 4.69) is 10.3 Å². The number of nitrogens with zero attached hydrogens (tertiary/aromatic N) is 1. The smallest absolute Gasteiger partial charge is 0.278 e. The molecule has 3 aromatic rings. The van der Waals surface area contributed by atoms with Gasteiger partial charge in [-0.15, -0.1) is 0 Å². The number of amides is 1. The molecule has 126 valence electrons. The Morgan fingerprint density at radius 3 is 2.40 bits per heavy atom. The number of anilines is 1. The van der Waals surface area contributed by atoms with Crippen LogP contribution in [-0.4, -0.2) is 23.1 Å². The Kier molecular flexibility index (Phi) is 5.20. The molecule has 0 aliphatic heterocycles. The number of benzene rings is 2. The van der Waals surface area contributed by atoms with Gasteiger partial charge in [0, 0.05) is 27.7 Å². The number of carbonyl (C=O) groups excluding carboxylic acids is 1. The fourth-order valence-corrected chi connectivity index (χ4v) is 3.03. The zero-order valence-corrected chi connectivity index (χ0v) is 14.3. The standard InChI is InChI=1S/C19H16N2O3S/c1-24-16-11-12-20-17(18(16)22)19(23)21-13-7-9-15(10-8-13)25-14-5-3-2-4-6-14/h2-12,22H,1H3,(H,21,23). The summed E-state index contributed by atoms with van der Waals surface area (Å²) in [7, 11) is 1.42. The van der Waals surface area contributed by atoms with Crippen LogP contribution in [0.4, 0.5) is 5.69 Å². The zero-order valence-electron chi connectivity index (χ0n) is 13.5. The molecule has 3 rings (SSSR count). The molecule has 0 fully saturated rings. The van der Waals surface area contributed by atoms with E-state index in [1.54, 1.807) is 23.9 Å². The fourth-order valence-electron chi connectivity index (χ4n) is 2.19. The van der Waals surface area contributed by atoms with E-state index < -0.39 is 5.91 Å². The molecule has 0 bridgehead atoms. The van der Waals surface area contributed by atoms with E-state index >= 15 is 0 Å². The van der Waals surface area contributed by atoms with Crippen molar-refractivity contribution in [1.82, 2.24) is 4.98 Å². The number of nitrogens with one attached hydrogen (secondary N) is 1. The number of hydrogen-bond acceptors (Lipinski definition) is 5. The second-order valence-electron chi connectivity index (χ2n) is 5.10. The summed E-state index contributed by atoms with van der Waals surface area (Å²) in [6.45, 7) is 0. The number of pyridine rings is 1. The first-order valence-corrected chi connectivity index (χ1v) is 8.35. The van der Waals surface area contributed by atoms with Crippen molar-refractivity contribution in [1.29, 1.82) is 0 Å². The Morgan fingerprint density at radius 2 is 1.72 bits per heavy atom.